The molecule has 1 aliphatic heterocycles. The Hall–Kier alpha value is -0.900. The molecular formula is C11H20N2O2. The lowest BCUT2D eigenvalue weighted by Crippen LogP contribution is -2.48. The Morgan fingerprint density at radius 3 is 2.27 bits per heavy atom. The number of carbonyl (C=O) groups is 2. The first-order valence-electron chi connectivity index (χ1n) is 5.59. The normalized spacial score (nSPS) is 19.6. The van der Waals surface area contributed by atoms with Crippen LogP contribution in [0.25, 0.3) is 0 Å². The van der Waals surface area contributed by atoms with Crippen LogP contribution in [-0.4, -0.2) is 42.3 Å². The average Bonchev–Trinajstić information content (AvgIpc) is 2.17. The number of nitrogens with one attached hydrogen (secondary N) is 1. The van der Waals surface area contributed by atoms with Gasteiger partial charge in [0.15, 0.2) is 5.78 Å². The van der Waals surface area contributed by atoms with Crippen LogP contribution in [0.2, 0.25) is 0 Å². The Labute approximate surface area is 91.0 Å². The molecule has 0 aliphatic carbocycles. The second kappa shape index (κ2) is 5.85. The zero-order valence-corrected chi connectivity index (χ0v) is 9.58. The number of likely N-dealkylation sites (tertiary alicyclic amines) is 1. The van der Waals surface area contributed by atoms with E-state index in [0.717, 1.165) is 13.1 Å². The molecule has 0 aromatic heterocycles. The Bertz CT molecular complexity index is 235. The van der Waals surface area contributed by atoms with Crippen LogP contribution in [0.4, 0.5) is 0 Å². The molecule has 4 heteroatoms. The van der Waals surface area contributed by atoms with E-state index in [9.17, 15) is 9.59 Å². The zero-order valence-electron chi connectivity index (χ0n) is 9.58. The zero-order chi connectivity index (χ0) is 11.3. The van der Waals surface area contributed by atoms with Crippen LogP contribution >= 0.6 is 0 Å². The topological polar surface area (TPSA) is 49.4 Å². The monoisotopic (exact) mass is 212 g/mol. The van der Waals surface area contributed by atoms with Crippen LogP contribution in [0.15, 0.2) is 0 Å². The highest BCUT2D eigenvalue weighted by molar-refractivity contribution is 5.86. The summed E-state index contributed by atoms with van der Waals surface area (Å²) in [5.74, 6) is -0.0945. The molecule has 4 nitrogen and oxygen atoms in total. The minimum atomic E-state index is -0.333. The van der Waals surface area contributed by atoms with Gasteiger partial charge in [0.05, 0.1) is 6.04 Å². The molecule has 0 aromatic rings. The molecule has 1 aliphatic rings. The number of hydrogen-bond acceptors (Lipinski definition) is 3. The van der Waals surface area contributed by atoms with Gasteiger partial charge >= 0.3 is 0 Å². The van der Waals surface area contributed by atoms with Gasteiger partial charge in [0.2, 0.25) is 5.91 Å². The molecule has 15 heavy (non-hydrogen) atoms. The van der Waals surface area contributed by atoms with Crippen molar-refractivity contribution < 1.29 is 9.59 Å². The van der Waals surface area contributed by atoms with Crippen LogP contribution in [0.5, 0.6) is 0 Å². The van der Waals surface area contributed by atoms with E-state index in [-0.39, 0.29) is 17.7 Å². The van der Waals surface area contributed by atoms with Crippen molar-refractivity contribution in [2.75, 3.05) is 19.6 Å². The third-order valence-electron chi connectivity index (χ3n) is 2.76. The van der Waals surface area contributed by atoms with Gasteiger partial charge in [-0.3, -0.25) is 9.59 Å². The first-order chi connectivity index (χ1) is 7.09. The molecule has 0 spiro atoms. The van der Waals surface area contributed by atoms with Gasteiger partial charge in [-0.15, -0.1) is 0 Å². The number of rotatable bonds is 4. The third-order valence-corrected chi connectivity index (χ3v) is 2.76. The van der Waals surface area contributed by atoms with Crippen LogP contribution < -0.4 is 5.32 Å². The van der Waals surface area contributed by atoms with Gasteiger partial charge in [-0.05, 0) is 32.9 Å². The summed E-state index contributed by atoms with van der Waals surface area (Å²) in [6.45, 7) is 5.73. The molecular weight excluding hydrogens is 192 g/mol. The molecule has 1 rings (SSSR count). The van der Waals surface area contributed by atoms with Crippen molar-refractivity contribution in [3.05, 3.63) is 0 Å². The van der Waals surface area contributed by atoms with Gasteiger partial charge in [0, 0.05) is 13.5 Å². The fraction of sp³-hybridized carbons (Fsp3) is 0.818. The van der Waals surface area contributed by atoms with E-state index in [1.807, 2.05) is 0 Å². The molecule has 1 unspecified atom stereocenters. The van der Waals surface area contributed by atoms with Crippen molar-refractivity contribution in [2.45, 2.75) is 39.2 Å². The van der Waals surface area contributed by atoms with E-state index in [0.29, 0.717) is 6.54 Å². The highest BCUT2D eigenvalue weighted by Crippen LogP contribution is 2.09. The summed E-state index contributed by atoms with van der Waals surface area (Å²) in [6, 6.07) is -0.333. The first kappa shape index (κ1) is 12.2. The Kier molecular flexibility index (Phi) is 4.75. The minimum Gasteiger partial charge on any atom is -0.345 e. The summed E-state index contributed by atoms with van der Waals surface area (Å²) in [5, 5.41) is 2.70. The number of nitrogens with zero attached hydrogens (tertiary/aromatic N) is 1. The number of carbonyl (C=O) groups excluding carboxylic acids is 2. The summed E-state index contributed by atoms with van der Waals surface area (Å²) in [6.07, 6.45) is 3.68. The molecule has 86 valence electrons. The summed E-state index contributed by atoms with van der Waals surface area (Å²) in [4.78, 5) is 24.5. The quantitative estimate of drug-likeness (QED) is 0.741. The van der Waals surface area contributed by atoms with Crippen LogP contribution in [0, 0.1) is 0 Å². The Morgan fingerprint density at radius 2 is 1.80 bits per heavy atom. The van der Waals surface area contributed by atoms with E-state index >= 15 is 0 Å². The van der Waals surface area contributed by atoms with Gasteiger partial charge in [-0.1, -0.05) is 6.42 Å². The predicted molar refractivity (Wildman–Crippen MR) is 58.6 cm³/mol. The molecule has 1 saturated heterocycles. The van der Waals surface area contributed by atoms with Crippen molar-refractivity contribution in [2.24, 2.45) is 0 Å². The van der Waals surface area contributed by atoms with Crippen LogP contribution in [0.3, 0.4) is 0 Å². The highest BCUT2D eigenvalue weighted by atomic mass is 16.2. The summed E-state index contributed by atoms with van der Waals surface area (Å²) in [5.41, 5.74) is 0. The molecule has 1 amide bonds. The number of Topliss-reactive ketones (excluding diaryl/α,β-unsaturated/α-hetero) is 1. The van der Waals surface area contributed by atoms with Crippen LogP contribution in [0.1, 0.15) is 33.1 Å². The molecule has 0 bridgehead atoms. The molecule has 1 N–H and O–H groups in total. The number of ketones is 1. The largest absolute Gasteiger partial charge is 0.345 e. The van der Waals surface area contributed by atoms with Crippen molar-refractivity contribution in [3.8, 4) is 0 Å². The van der Waals surface area contributed by atoms with Crippen molar-refractivity contribution >= 4 is 11.7 Å². The van der Waals surface area contributed by atoms with Gasteiger partial charge in [-0.2, -0.15) is 0 Å². The number of amides is 1. The van der Waals surface area contributed by atoms with Gasteiger partial charge in [0.1, 0.15) is 0 Å². The second-order valence-electron chi connectivity index (χ2n) is 4.23. The van der Waals surface area contributed by atoms with Crippen molar-refractivity contribution in [1.82, 2.24) is 10.2 Å². The average molecular weight is 212 g/mol. The molecule has 0 saturated carbocycles. The third kappa shape index (κ3) is 4.42. The first-order valence-corrected chi connectivity index (χ1v) is 5.59. The predicted octanol–water partition coefficient (Wildman–Crippen LogP) is 0.566. The van der Waals surface area contributed by atoms with E-state index in [2.05, 4.69) is 10.2 Å². The lowest BCUT2D eigenvalue weighted by Gasteiger charge is -2.29. The lowest BCUT2D eigenvalue weighted by molar-refractivity contribution is -0.126. The van der Waals surface area contributed by atoms with Crippen molar-refractivity contribution in [1.29, 1.82) is 0 Å². The SMILES string of the molecule is CC(=O)NC(CN1CCCCC1)C(C)=O. The highest BCUT2D eigenvalue weighted by Gasteiger charge is 2.20. The minimum absolute atomic E-state index is 0.0378. The maximum Gasteiger partial charge on any atom is 0.217 e. The van der Waals surface area contributed by atoms with E-state index < -0.39 is 0 Å². The number of hydrogen-bond donors (Lipinski definition) is 1. The molecule has 0 aromatic carbocycles. The van der Waals surface area contributed by atoms with E-state index in [1.54, 1.807) is 0 Å². The van der Waals surface area contributed by atoms with E-state index in [1.165, 1.54) is 33.1 Å². The maximum atomic E-state index is 11.3. The second-order valence-corrected chi connectivity index (χ2v) is 4.23. The van der Waals surface area contributed by atoms with Gasteiger partial charge < -0.3 is 10.2 Å². The van der Waals surface area contributed by atoms with E-state index in [4.69, 9.17) is 0 Å². The summed E-state index contributed by atoms with van der Waals surface area (Å²) >= 11 is 0. The lowest BCUT2D eigenvalue weighted by atomic mass is 10.1. The fourth-order valence-corrected chi connectivity index (χ4v) is 1.92. The summed E-state index contributed by atoms with van der Waals surface area (Å²) in [7, 11) is 0. The standard InChI is InChI=1S/C11H20N2O2/c1-9(14)11(12-10(2)15)8-13-6-4-3-5-7-13/h11H,3-8H2,1-2H3,(H,12,15). The summed E-state index contributed by atoms with van der Waals surface area (Å²) < 4.78 is 0. The van der Waals surface area contributed by atoms with Gasteiger partial charge in [0.25, 0.3) is 0 Å². The van der Waals surface area contributed by atoms with Crippen LogP contribution in [-0.2, 0) is 9.59 Å². The smallest absolute Gasteiger partial charge is 0.217 e. The molecule has 0 radical (unpaired) electrons. The molecule has 1 heterocycles. The Balaban J connectivity index is 2.42. The molecule has 1 atom stereocenters. The fourth-order valence-electron chi connectivity index (χ4n) is 1.92. The Morgan fingerprint density at radius 1 is 1.20 bits per heavy atom. The van der Waals surface area contributed by atoms with Gasteiger partial charge in [-0.25, -0.2) is 0 Å². The molecule has 1 fully saturated rings. The van der Waals surface area contributed by atoms with Crippen molar-refractivity contribution in [3.63, 3.8) is 0 Å². The number of piperidine rings is 1. The maximum absolute atomic E-state index is 11.3.